The van der Waals surface area contributed by atoms with Gasteiger partial charge in [0.15, 0.2) is 0 Å². The van der Waals surface area contributed by atoms with Gasteiger partial charge in [-0.2, -0.15) is 0 Å². The summed E-state index contributed by atoms with van der Waals surface area (Å²) in [6, 6.07) is 18.8. The molecule has 2 aromatic carbocycles. The fraction of sp³-hybridized carbons (Fsp3) is 0.435. The number of carbonyl (C=O) groups excluding carboxylic acids is 1. The number of hydrogen-bond donors (Lipinski definition) is 1. The lowest BCUT2D eigenvalue weighted by molar-refractivity contribution is 0.0951. The summed E-state index contributed by atoms with van der Waals surface area (Å²) in [6.07, 6.45) is 0.991. The number of nitrogens with one attached hydrogen (secondary N) is 1. The standard InChI is InChI=1S/C23H29N3OS2/c27-22(19-7-9-20(10-8-19)23-28-17-18-29-23)24-11-4-12-25-13-15-26(16-14-25)21-5-2-1-3-6-21/h1-3,5-10,23H,4,11-18H2,(H,24,27). The summed E-state index contributed by atoms with van der Waals surface area (Å²) in [5.74, 6) is 2.48. The van der Waals surface area contributed by atoms with Gasteiger partial charge in [-0.3, -0.25) is 9.69 Å². The van der Waals surface area contributed by atoms with Gasteiger partial charge in [0.1, 0.15) is 0 Å². The van der Waals surface area contributed by atoms with Crippen molar-refractivity contribution in [2.24, 2.45) is 0 Å². The first kappa shape index (κ1) is 20.6. The minimum Gasteiger partial charge on any atom is -0.369 e. The maximum Gasteiger partial charge on any atom is 0.251 e. The number of amides is 1. The summed E-state index contributed by atoms with van der Waals surface area (Å²) < 4.78 is 0.537. The maximum absolute atomic E-state index is 12.4. The van der Waals surface area contributed by atoms with E-state index >= 15 is 0 Å². The number of nitrogens with zero attached hydrogens (tertiary/aromatic N) is 2. The van der Waals surface area contributed by atoms with Crippen LogP contribution >= 0.6 is 23.5 Å². The minimum absolute atomic E-state index is 0.0391. The van der Waals surface area contributed by atoms with Crippen LogP contribution in [0.1, 0.15) is 26.9 Å². The van der Waals surface area contributed by atoms with Gasteiger partial charge in [0.25, 0.3) is 5.91 Å². The van der Waals surface area contributed by atoms with Gasteiger partial charge < -0.3 is 10.2 Å². The Bertz CT molecular complexity index is 770. The molecule has 0 aliphatic carbocycles. The molecule has 0 spiro atoms. The minimum atomic E-state index is 0.0391. The number of piperazine rings is 1. The maximum atomic E-state index is 12.4. The Balaban J connectivity index is 1.14. The van der Waals surface area contributed by atoms with Crippen molar-refractivity contribution in [1.29, 1.82) is 0 Å². The molecule has 1 N–H and O–H groups in total. The number of thioether (sulfide) groups is 2. The lowest BCUT2D eigenvalue weighted by atomic mass is 10.1. The molecule has 154 valence electrons. The molecule has 2 aromatic rings. The van der Waals surface area contributed by atoms with Crippen molar-refractivity contribution >= 4 is 35.1 Å². The van der Waals surface area contributed by atoms with Gasteiger partial charge >= 0.3 is 0 Å². The zero-order chi connectivity index (χ0) is 19.9. The van der Waals surface area contributed by atoms with Gasteiger partial charge in [0.05, 0.1) is 4.58 Å². The molecule has 2 aliphatic rings. The zero-order valence-electron chi connectivity index (χ0n) is 16.8. The lowest BCUT2D eigenvalue weighted by Crippen LogP contribution is -2.47. The van der Waals surface area contributed by atoms with Gasteiger partial charge in [0, 0.05) is 55.5 Å². The highest BCUT2D eigenvalue weighted by molar-refractivity contribution is 8.19. The fourth-order valence-corrected chi connectivity index (χ4v) is 6.68. The molecular weight excluding hydrogens is 398 g/mol. The summed E-state index contributed by atoms with van der Waals surface area (Å²) >= 11 is 3.99. The molecule has 2 saturated heterocycles. The first-order valence-electron chi connectivity index (χ1n) is 10.4. The van der Waals surface area contributed by atoms with Crippen LogP contribution in [0.4, 0.5) is 5.69 Å². The van der Waals surface area contributed by atoms with E-state index in [1.165, 1.54) is 22.8 Å². The SMILES string of the molecule is O=C(NCCCN1CCN(c2ccccc2)CC1)c1ccc(C2SCCS2)cc1. The average molecular weight is 428 g/mol. The third-order valence-electron chi connectivity index (χ3n) is 5.50. The molecule has 4 rings (SSSR count). The van der Waals surface area contributed by atoms with Crippen LogP contribution in [0.3, 0.4) is 0 Å². The summed E-state index contributed by atoms with van der Waals surface area (Å²) in [4.78, 5) is 17.3. The van der Waals surface area contributed by atoms with E-state index in [0.717, 1.165) is 51.3 Å². The van der Waals surface area contributed by atoms with Crippen molar-refractivity contribution in [2.45, 2.75) is 11.0 Å². The van der Waals surface area contributed by atoms with Gasteiger partial charge in [0.2, 0.25) is 0 Å². The predicted octanol–water partition coefficient (Wildman–Crippen LogP) is 4.11. The number of rotatable bonds is 7. The van der Waals surface area contributed by atoms with Crippen molar-refractivity contribution in [3.63, 3.8) is 0 Å². The summed E-state index contributed by atoms with van der Waals surface area (Å²) in [5.41, 5.74) is 3.40. The Morgan fingerprint density at radius 3 is 2.31 bits per heavy atom. The summed E-state index contributed by atoms with van der Waals surface area (Å²) in [6.45, 7) is 6.08. The second-order valence-corrected chi connectivity index (χ2v) is 10.2. The number of benzene rings is 2. The van der Waals surface area contributed by atoms with E-state index in [0.29, 0.717) is 4.58 Å². The molecule has 0 bridgehead atoms. The van der Waals surface area contributed by atoms with Crippen molar-refractivity contribution < 1.29 is 4.79 Å². The van der Waals surface area contributed by atoms with Crippen LogP contribution in [0.2, 0.25) is 0 Å². The zero-order valence-corrected chi connectivity index (χ0v) is 18.4. The highest BCUT2D eigenvalue weighted by atomic mass is 32.2. The Labute approximate surface area is 182 Å². The van der Waals surface area contributed by atoms with E-state index < -0.39 is 0 Å². The lowest BCUT2D eigenvalue weighted by Gasteiger charge is -2.36. The van der Waals surface area contributed by atoms with Crippen LogP contribution in [-0.4, -0.2) is 61.6 Å². The van der Waals surface area contributed by atoms with Gasteiger partial charge in [-0.15, -0.1) is 23.5 Å². The van der Waals surface area contributed by atoms with Crippen molar-refractivity contribution in [3.8, 4) is 0 Å². The van der Waals surface area contributed by atoms with Gasteiger partial charge in [-0.25, -0.2) is 0 Å². The van der Waals surface area contributed by atoms with Crippen molar-refractivity contribution in [1.82, 2.24) is 10.2 Å². The molecule has 1 amide bonds. The average Bonchev–Trinajstić information content (AvgIpc) is 3.33. The molecule has 4 nitrogen and oxygen atoms in total. The topological polar surface area (TPSA) is 35.6 Å². The quantitative estimate of drug-likeness (QED) is 0.673. The predicted molar refractivity (Wildman–Crippen MR) is 126 cm³/mol. The van der Waals surface area contributed by atoms with Crippen molar-refractivity contribution in [2.75, 3.05) is 55.7 Å². The van der Waals surface area contributed by atoms with Gasteiger partial charge in [-0.1, -0.05) is 30.3 Å². The van der Waals surface area contributed by atoms with E-state index in [1.54, 1.807) is 0 Å². The number of para-hydroxylation sites is 1. The third-order valence-corrected chi connectivity index (χ3v) is 8.60. The second kappa shape index (κ2) is 10.4. The van der Waals surface area contributed by atoms with Crippen LogP contribution in [0.25, 0.3) is 0 Å². The second-order valence-electron chi connectivity index (χ2n) is 7.47. The molecule has 2 heterocycles. The van der Waals surface area contributed by atoms with E-state index in [1.807, 2.05) is 35.7 Å². The van der Waals surface area contributed by atoms with Gasteiger partial charge in [-0.05, 0) is 42.8 Å². The molecule has 0 unspecified atom stereocenters. The number of carbonyl (C=O) groups is 1. The third kappa shape index (κ3) is 5.71. The molecule has 29 heavy (non-hydrogen) atoms. The smallest absolute Gasteiger partial charge is 0.251 e. The molecule has 0 atom stereocenters. The van der Waals surface area contributed by atoms with E-state index in [2.05, 4.69) is 57.6 Å². The summed E-state index contributed by atoms with van der Waals surface area (Å²) in [7, 11) is 0. The molecular formula is C23H29N3OS2. The van der Waals surface area contributed by atoms with Crippen LogP contribution in [0.15, 0.2) is 54.6 Å². The van der Waals surface area contributed by atoms with E-state index in [-0.39, 0.29) is 5.91 Å². The Morgan fingerprint density at radius 2 is 1.62 bits per heavy atom. The van der Waals surface area contributed by atoms with Crippen LogP contribution < -0.4 is 10.2 Å². The Morgan fingerprint density at radius 1 is 0.931 bits per heavy atom. The normalized spacial score (nSPS) is 18.1. The molecule has 2 fully saturated rings. The molecule has 2 aliphatic heterocycles. The van der Waals surface area contributed by atoms with Crippen LogP contribution in [0, 0.1) is 0 Å². The monoisotopic (exact) mass is 427 g/mol. The molecule has 6 heteroatoms. The Kier molecular flexibility index (Phi) is 7.41. The molecule has 0 aromatic heterocycles. The van der Waals surface area contributed by atoms with Crippen LogP contribution in [0.5, 0.6) is 0 Å². The summed E-state index contributed by atoms with van der Waals surface area (Å²) in [5, 5.41) is 3.08. The first-order valence-corrected chi connectivity index (χ1v) is 12.5. The fourth-order valence-electron chi connectivity index (χ4n) is 3.82. The molecule has 0 saturated carbocycles. The van der Waals surface area contributed by atoms with E-state index in [4.69, 9.17) is 0 Å². The highest BCUT2D eigenvalue weighted by Gasteiger charge is 2.19. The first-order chi connectivity index (χ1) is 14.3. The Hall–Kier alpha value is -1.63. The van der Waals surface area contributed by atoms with Crippen molar-refractivity contribution in [3.05, 3.63) is 65.7 Å². The van der Waals surface area contributed by atoms with E-state index in [9.17, 15) is 4.79 Å². The largest absolute Gasteiger partial charge is 0.369 e. The highest BCUT2D eigenvalue weighted by Crippen LogP contribution is 2.45. The number of hydrogen-bond acceptors (Lipinski definition) is 5. The molecule has 0 radical (unpaired) electrons. The van der Waals surface area contributed by atoms with Crippen LogP contribution in [-0.2, 0) is 0 Å². The number of anilines is 1.